The minimum absolute atomic E-state index is 0.0427. The monoisotopic (exact) mass is 204 g/mol. The van der Waals surface area contributed by atoms with Gasteiger partial charge in [0.2, 0.25) is 0 Å². The highest BCUT2D eigenvalue weighted by Gasteiger charge is 2.59. The quantitative estimate of drug-likeness (QED) is 0.514. The molecule has 2 heterocycles. The molecule has 2 saturated heterocycles. The van der Waals surface area contributed by atoms with Crippen LogP contribution in [-0.4, -0.2) is 60.1 Å². The van der Waals surface area contributed by atoms with Gasteiger partial charge < -0.3 is 24.8 Å². The second-order valence-corrected chi connectivity index (χ2v) is 3.95. The molecule has 5 heteroatoms. The molecule has 0 spiro atoms. The third-order valence-corrected chi connectivity index (χ3v) is 3.40. The molecular formula is C9H16O5. The van der Waals surface area contributed by atoms with Crippen molar-refractivity contribution in [3.8, 4) is 0 Å². The van der Waals surface area contributed by atoms with Crippen molar-refractivity contribution in [3.63, 3.8) is 0 Å². The van der Waals surface area contributed by atoms with E-state index in [2.05, 4.69) is 0 Å². The summed E-state index contributed by atoms with van der Waals surface area (Å²) in [5, 5.41) is 28.0. The van der Waals surface area contributed by atoms with Gasteiger partial charge in [-0.3, -0.25) is 0 Å². The molecule has 2 fully saturated rings. The number of fused-ring (bicyclic) bond motifs is 2. The van der Waals surface area contributed by atoms with E-state index in [1.54, 1.807) is 0 Å². The maximum Gasteiger partial charge on any atom is 0.112 e. The summed E-state index contributed by atoms with van der Waals surface area (Å²) in [6, 6.07) is 0. The second kappa shape index (κ2) is 3.75. The Bertz CT molecular complexity index is 207. The maximum absolute atomic E-state index is 9.75. The molecule has 0 amide bonds. The van der Waals surface area contributed by atoms with Crippen molar-refractivity contribution in [1.82, 2.24) is 0 Å². The highest BCUT2D eigenvalue weighted by molar-refractivity contribution is 5.06. The molecule has 3 N–H and O–H groups in total. The highest BCUT2D eigenvalue weighted by Crippen LogP contribution is 2.44. The van der Waals surface area contributed by atoms with Gasteiger partial charge in [-0.25, -0.2) is 0 Å². The first kappa shape index (κ1) is 10.3. The topological polar surface area (TPSA) is 79.2 Å². The van der Waals surface area contributed by atoms with Crippen LogP contribution in [-0.2, 0) is 9.47 Å². The summed E-state index contributed by atoms with van der Waals surface area (Å²) in [6.45, 7) is -0.112. The van der Waals surface area contributed by atoms with Crippen molar-refractivity contribution in [1.29, 1.82) is 0 Å². The Hall–Kier alpha value is -0.200. The van der Waals surface area contributed by atoms with Crippen LogP contribution in [0.15, 0.2) is 0 Å². The van der Waals surface area contributed by atoms with E-state index in [0.29, 0.717) is 0 Å². The van der Waals surface area contributed by atoms with Crippen molar-refractivity contribution < 1.29 is 24.8 Å². The minimum Gasteiger partial charge on any atom is -0.396 e. The molecule has 5 nitrogen and oxygen atoms in total. The first-order valence-corrected chi connectivity index (χ1v) is 4.82. The normalized spacial score (nSPS) is 51.4. The van der Waals surface area contributed by atoms with Crippen LogP contribution >= 0.6 is 0 Å². The van der Waals surface area contributed by atoms with Gasteiger partial charge in [0.05, 0.1) is 12.2 Å². The summed E-state index contributed by atoms with van der Waals surface area (Å²) >= 11 is 0. The Kier molecular flexibility index (Phi) is 2.77. The van der Waals surface area contributed by atoms with Crippen LogP contribution in [0.25, 0.3) is 0 Å². The van der Waals surface area contributed by atoms with Crippen molar-refractivity contribution in [2.24, 2.45) is 11.8 Å². The molecule has 2 bridgehead atoms. The zero-order valence-electron chi connectivity index (χ0n) is 8.04. The van der Waals surface area contributed by atoms with Gasteiger partial charge >= 0.3 is 0 Å². The van der Waals surface area contributed by atoms with Crippen LogP contribution in [0.2, 0.25) is 0 Å². The predicted molar refractivity (Wildman–Crippen MR) is 46.6 cm³/mol. The average Bonchev–Trinajstić information content (AvgIpc) is 2.71. The molecule has 2 aliphatic rings. The largest absolute Gasteiger partial charge is 0.396 e. The summed E-state index contributed by atoms with van der Waals surface area (Å²) in [4.78, 5) is 0. The fraction of sp³-hybridized carbons (Fsp3) is 1.00. The zero-order valence-corrected chi connectivity index (χ0v) is 8.04. The summed E-state index contributed by atoms with van der Waals surface area (Å²) in [5.74, 6) is -0.301. The number of aliphatic hydroxyl groups is 3. The Morgan fingerprint density at radius 2 is 1.71 bits per heavy atom. The van der Waals surface area contributed by atoms with Crippen LogP contribution in [0.1, 0.15) is 0 Å². The minimum atomic E-state index is -0.690. The van der Waals surface area contributed by atoms with E-state index in [4.69, 9.17) is 19.7 Å². The molecule has 6 unspecified atom stereocenters. The van der Waals surface area contributed by atoms with Gasteiger partial charge in [-0.15, -0.1) is 0 Å². The number of ether oxygens (including phenoxy) is 2. The third-order valence-electron chi connectivity index (χ3n) is 3.40. The van der Waals surface area contributed by atoms with Gasteiger partial charge in [-0.2, -0.15) is 0 Å². The summed E-state index contributed by atoms with van der Waals surface area (Å²) in [7, 11) is 1.51. The van der Waals surface area contributed by atoms with E-state index < -0.39 is 12.2 Å². The van der Waals surface area contributed by atoms with E-state index in [9.17, 15) is 5.11 Å². The number of rotatable bonds is 3. The van der Waals surface area contributed by atoms with Gasteiger partial charge in [-0.1, -0.05) is 0 Å². The van der Waals surface area contributed by atoms with E-state index in [1.807, 2.05) is 0 Å². The lowest BCUT2D eigenvalue weighted by Gasteiger charge is -2.32. The lowest BCUT2D eigenvalue weighted by molar-refractivity contribution is -0.0612. The molecule has 82 valence electrons. The van der Waals surface area contributed by atoms with Crippen LogP contribution < -0.4 is 0 Å². The first-order chi connectivity index (χ1) is 6.74. The van der Waals surface area contributed by atoms with Gasteiger partial charge in [0.25, 0.3) is 0 Å². The first-order valence-electron chi connectivity index (χ1n) is 4.82. The molecule has 0 saturated carbocycles. The summed E-state index contributed by atoms with van der Waals surface area (Å²) < 4.78 is 10.6. The van der Waals surface area contributed by atoms with E-state index in [0.717, 1.165) is 0 Å². The van der Waals surface area contributed by atoms with E-state index in [1.165, 1.54) is 7.11 Å². The van der Waals surface area contributed by atoms with Gasteiger partial charge in [0.15, 0.2) is 0 Å². The van der Waals surface area contributed by atoms with Gasteiger partial charge in [0, 0.05) is 32.2 Å². The summed E-state index contributed by atoms with van der Waals surface area (Å²) in [6.07, 6.45) is -1.75. The van der Waals surface area contributed by atoms with Crippen molar-refractivity contribution in [2.45, 2.75) is 24.4 Å². The third kappa shape index (κ3) is 1.20. The molecule has 14 heavy (non-hydrogen) atoms. The molecule has 0 aromatic carbocycles. The van der Waals surface area contributed by atoms with E-state index in [-0.39, 0.29) is 37.3 Å². The number of aliphatic hydroxyl groups excluding tert-OH is 3. The Balaban J connectivity index is 2.16. The SMILES string of the molecule is COC1C(O)C2OC1C(CO)C2CO. The molecule has 0 aromatic heterocycles. The predicted octanol–water partition coefficient (Wildman–Crippen LogP) is -1.64. The lowest BCUT2D eigenvalue weighted by atomic mass is 9.77. The standard InChI is InChI=1S/C9H16O5/c1-13-9-6(12)7-4(2-10)5(3-11)8(9)14-7/h4-12H,2-3H2,1H3. The number of hydrogen-bond donors (Lipinski definition) is 3. The van der Waals surface area contributed by atoms with Crippen LogP contribution in [0, 0.1) is 11.8 Å². The fourth-order valence-electron chi connectivity index (χ4n) is 2.66. The molecule has 0 aliphatic carbocycles. The van der Waals surface area contributed by atoms with Gasteiger partial charge in [-0.05, 0) is 0 Å². The summed E-state index contributed by atoms with van der Waals surface area (Å²) in [5.41, 5.74) is 0. The van der Waals surface area contributed by atoms with Crippen LogP contribution in [0.4, 0.5) is 0 Å². The smallest absolute Gasteiger partial charge is 0.112 e. The molecule has 6 atom stereocenters. The van der Waals surface area contributed by atoms with Gasteiger partial charge in [0.1, 0.15) is 12.2 Å². The van der Waals surface area contributed by atoms with E-state index >= 15 is 0 Å². The van der Waals surface area contributed by atoms with Crippen LogP contribution in [0.5, 0.6) is 0 Å². The second-order valence-electron chi connectivity index (χ2n) is 3.95. The Morgan fingerprint density at radius 3 is 2.21 bits per heavy atom. The maximum atomic E-state index is 9.75. The molecule has 2 rings (SSSR count). The lowest BCUT2D eigenvalue weighted by Crippen LogP contribution is -2.49. The zero-order chi connectivity index (χ0) is 10.3. The van der Waals surface area contributed by atoms with Crippen molar-refractivity contribution >= 4 is 0 Å². The Labute approximate surface area is 82.3 Å². The molecule has 0 radical (unpaired) electrons. The number of hydrogen-bond acceptors (Lipinski definition) is 5. The van der Waals surface area contributed by atoms with Crippen LogP contribution in [0.3, 0.4) is 0 Å². The highest BCUT2D eigenvalue weighted by atomic mass is 16.6. The molecular weight excluding hydrogens is 188 g/mol. The number of methoxy groups -OCH3 is 1. The Morgan fingerprint density at radius 1 is 1.14 bits per heavy atom. The molecule has 0 aromatic rings. The fourth-order valence-corrected chi connectivity index (χ4v) is 2.66. The van der Waals surface area contributed by atoms with Crippen molar-refractivity contribution in [2.75, 3.05) is 20.3 Å². The average molecular weight is 204 g/mol. The van der Waals surface area contributed by atoms with Crippen molar-refractivity contribution in [3.05, 3.63) is 0 Å². The molecule has 2 aliphatic heterocycles.